The van der Waals surface area contributed by atoms with Crippen LogP contribution in [0.5, 0.6) is 0 Å². The van der Waals surface area contributed by atoms with E-state index in [1.54, 1.807) is 10.8 Å². The fourth-order valence-corrected chi connectivity index (χ4v) is 3.11. The number of aromatic nitrogens is 1. The molecule has 1 aromatic heterocycles. The highest BCUT2D eigenvalue weighted by atomic mass is 79.9. The molecule has 2 aromatic rings. The monoisotopic (exact) mass is 315 g/mol. The molecule has 17 heavy (non-hydrogen) atoms. The molecule has 2 rings (SSSR count). The minimum absolute atomic E-state index is 0.141. The Morgan fingerprint density at radius 2 is 1.76 bits per heavy atom. The van der Waals surface area contributed by atoms with Crippen molar-refractivity contribution in [2.45, 2.75) is 11.8 Å². The van der Waals surface area contributed by atoms with Crippen LogP contribution >= 0.6 is 15.9 Å². The van der Waals surface area contributed by atoms with E-state index < -0.39 is 10.1 Å². The van der Waals surface area contributed by atoms with E-state index >= 15 is 0 Å². The summed E-state index contributed by atoms with van der Waals surface area (Å²) in [5, 5.41) is 0. The molecule has 0 saturated heterocycles. The Bertz CT molecular complexity index is 644. The summed E-state index contributed by atoms with van der Waals surface area (Å²) in [5.74, 6) is 0. The minimum Gasteiger partial charge on any atom is -0.310 e. The molecule has 0 fully saturated rings. The first-order valence-corrected chi connectivity index (χ1v) is 7.04. The zero-order chi connectivity index (χ0) is 12.6. The van der Waals surface area contributed by atoms with Crippen molar-refractivity contribution in [1.29, 1.82) is 0 Å². The lowest BCUT2D eigenvalue weighted by Crippen LogP contribution is -1.99. The molecule has 0 unspecified atom stereocenters. The van der Waals surface area contributed by atoms with Crippen LogP contribution in [0.4, 0.5) is 0 Å². The highest BCUT2D eigenvalue weighted by molar-refractivity contribution is 9.10. The van der Waals surface area contributed by atoms with Crippen molar-refractivity contribution in [3.8, 4) is 5.69 Å². The molecule has 90 valence electrons. The number of rotatable bonds is 2. The van der Waals surface area contributed by atoms with E-state index in [2.05, 4.69) is 15.9 Å². The third kappa shape index (κ3) is 2.43. The molecule has 1 N–H and O–H groups in total. The largest absolute Gasteiger partial charge is 0.310 e. The molecule has 0 aliphatic rings. The summed E-state index contributed by atoms with van der Waals surface area (Å²) < 4.78 is 33.1. The van der Waals surface area contributed by atoms with Gasteiger partial charge in [0.2, 0.25) is 0 Å². The molecule has 4 nitrogen and oxygen atoms in total. The summed E-state index contributed by atoms with van der Waals surface area (Å²) in [7, 11) is -4.20. The standard InChI is InChI=1S/C11H10BrNO3S/c1-8-2-4-9(5-3-8)13-7-6-10(11(13)12)17(14,15)16/h2-7H,1H3,(H,14,15,16). The Labute approximate surface area is 108 Å². The van der Waals surface area contributed by atoms with Crippen LogP contribution in [0.25, 0.3) is 5.69 Å². The van der Waals surface area contributed by atoms with Crippen LogP contribution in [0.2, 0.25) is 0 Å². The second-order valence-corrected chi connectivity index (χ2v) is 5.79. The van der Waals surface area contributed by atoms with E-state index in [0.717, 1.165) is 11.3 Å². The van der Waals surface area contributed by atoms with Gasteiger partial charge < -0.3 is 4.57 Å². The molecule has 1 heterocycles. The summed E-state index contributed by atoms with van der Waals surface area (Å²) in [6.45, 7) is 1.97. The lowest BCUT2D eigenvalue weighted by atomic mass is 10.2. The first kappa shape index (κ1) is 12.3. The fraction of sp³-hybridized carbons (Fsp3) is 0.0909. The van der Waals surface area contributed by atoms with Gasteiger partial charge in [-0.3, -0.25) is 4.55 Å². The van der Waals surface area contributed by atoms with Gasteiger partial charge in [0, 0.05) is 11.9 Å². The van der Waals surface area contributed by atoms with E-state index in [0.29, 0.717) is 4.60 Å². The SMILES string of the molecule is Cc1ccc(-n2ccc(S(=O)(=O)O)c2Br)cc1. The maximum Gasteiger partial charge on any atom is 0.297 e. The zero-order valence-electron chi connectivity index (χ0n) is 8.96. The highest BCUT2D eigenvalue weighted by Crippen LogP contribution is 2.26. The maximum absolute atomic E-state index is 11.1. The molecule has 0 spiro atoms. The lowest BCUT2D eigenvalue weighted by molar-refractivity contribution is 0.482. The quantitative estimate of drug-likeness (QED) is 0.867. The Morgan fingerprint density at radius 3 is 2.24 bits per heavy atom. The topological polar surface area (TPSA) is 59.3 Å². The first-order valence-electron chi connectivity index (χ1n) is 4.81. The molecule has 0 radical (unpaired) electrons. The van der Waals surface area contributed by atoms with Gasteiger partial charge in [-0.25, -0.2) is 0 Å². The smallest absolute Gasteiger partial charge is 0.297 e. The molecule has 0 aliphatic carbocycles. The summed E-state index contributed by atoms with van der Waals surface area (Å²) in [4.78, 5) is -0.141. The molecule has 0 amide bonds. The molecule has 0 saturated carbocycles. The minimum atomic E-state index is -4.20. The summed E-state index contributed by atoms with van der Waals surface area (Å²) in [6, 6.07) is 8.94. The van der Waals surface area contributed by atoms with Gasteiger partial charge in [0.05, 0.1) is 0 Å². The van der Waals surface area contributed by atoms with Gasteiger partial charge in [0.15, 0.2) is 0 Å². The van der Waals surface area contributed by atoms with E-state index in [1.807, 2.05) is 31.2 Å². The predicted octanol–water partition coefficient (Wildman–Crippen LogP) is 2.79. The molecular weight excluding hydrogens is 306 g/mol. The van der Waals surface area contributed by atoms with Crippen molar-refractivity contribution in [3.63, 3.8) is 0 Å². The number of hydrogen-bond donors (Lipinski definition) is 1. The van der Waals surface area contributed by atoms with Crippen LogP contribution in [0.1, 0.15) is 5.56 Å². The Kier molecular flexibility index (Phi) is 3.11. The van der Waals surface area contributed by atoms with Gasteiger partial charge in [-0.05, 0) is 41.1 Å². The highest BCUT2D eigenvalue weighted by Gasteiger charge is 2.18. The Balaban J connectivity index is 2.55. The molecular formula is C11H10BrNO3S. The number of hydrogen-bond acceptors (Lipinski definition) is 2. The van der Waals surface area contributed by atoms with Gasteiger partial charge in [-0.2, -0.15) is 8.42 Å². The van der Waals surface area contributed by atoms with E-state index in [1.165, 1.54) is 6.07 Å². The number of nitrogens with zero attached hydrogens (tertiary/aromatic N) is 1. The first-order chi connectivity index (χ1) is 7.89. The molecule has 0 bridgehead atoms. The van der Waals surface area contributed by atoms with Crippen LogP contribution in [-0.2, 0) is 10.1 Å². The van der Waals surface area contributed by atoms with Gasteiger partial charge >= 0.3 is 0 Å². The number of aryl methyl sites for hydroxylation is 1. The van der Waals surface area contributed by atoms with Crippen molar-refractivity contribution in [2.75, 3.05) is 0 Å². The summed E-state index contributed by atoms with van der Waals surface area (Å²) in [6.07, 6.45) is 1.58. The third-order valence-electron chi connectivity index (χ3n) is 2.38. The zero-order valence-corrected chi connectivity index (χ0v) is 11.4. The molecule has 1 aromatic carbocycles. The van der Waals surface area contributed by atoms with Crippen molar-refractivity contribution >= 4 is 26.0 Å². The van der Waals surface area contributed by atoms with E-state index in [9.17, 15) is 8.42 Å². The molecule has 6 heteroatoms. The number of halogens is 1. The van der Waals surface area contributed by atoms with E-state index in [-0.39, 0.29) is 4.90 Å². The predicted molar refractivity (Wildman–Crippen MR) is 68.0 cm³/mol. The van der Waals surface area contributed by atoms with Crippen LogP contribution in [0.15, 0.2) is 46.0 Å². The van der Waals surface area contributed by atoms with Crippen molar-refractivity contribution in [1.82, 2.24) is 4.57 Å². The van der Waals surface area contributed by atoms with E-state index in [4.69, 9.17) is 4.55 Å². The van der Waals surface area contributed by atoms with Gasteiger partial charge in [0.25, 0.3) is 10.1 Å². The van der Waals surface area contributed by atoms with Gasteiger partial charge in [-0.15, -0.1) is 0 Å². The Hall–Kier alpha value is -1.11. The van der Waals surface area contributed by atoms with Crippen molar-refractivity contribution < 1.29 is 13.0 Å². The average Bonchev–Trinajstić information content (AvgIpc) is 2.61. The summed E-state index contributed by atoms with van der Waals surface area (Å²) in [5.41, 5.74) is 1.93. The van der Waals surface area contributed by atoms with Crippen LogP contribution < -0.4 is 0 Å². The van der Waals surface area contributed by atoms with Gasteiger partial charge in [0.1, 0.15) is 9.50 Å². The third-order valence-corrected chi connectivity index (χ3v) is 4.34. The second-order valence-electron chi connectivity index (χ2n) is 3.65. The molecule has 0 atom stereocenters. The van der Waals surface area contributed by atoms with Crippen LogP contribution in [-0.4, -0.2) is 17.5 Å². The van der Waals surface area contributed by atoms with Crippen LogP contribution in [0.3, 0.4) is 0 Å². The fourth-order valence-electron chi connectivity index (χ4n) is 1.49. The second kappa shape index (κ2) is 4.29. The molecule has 0 aliphatic heterocycles. The Morgan fingerprint density at radius 1 is 1.18 bits per heavy atom. The summed E-state index contributed by atoms with van der Waals surface area (Å²) >= 11 is 3.17. The lowest BCUT2D eigenvalue weighted by Gasteiger charge is -2.05. The van der Waals surface area contributed by atoms with Gasteiger partial charge in [-0.1, -0.05) is 17.7 Å². The van der Waals surface area contributed by atoms with Crippen molar-refractivity contribution in [2.24, 2.45) is 0 Å². The number of benzene rings is 1. The average molecular weight is 316 g/mol. The maximum atomic E-state index is 11.1. The van der Waals surface area contributed by atoms with Crippen molar-refractivity contribution in [3.05, 3.63) is 46.7 Å². The normalized spacial score (nSPS) is 11.7. The van der Waals surface area contributed by atoms with Crippen LogP contribution in [0, 0.1) is 6.92 Å².